The number of pyridine rings is 1. The predicted octanol–water partition coefficient (Wildman–Crippen LogP) is 34.5. The molecule has 1 heterocycles. The first-order valence-corrected chi connectivity index (χ1v) is 47.5. The lowest BCUT2D eigenvalue weighted by atomic mass is 9.94. The Morgan fingerprint density at radius 3 is 0.613 bits per heavy atom. The Morgan fingerprint density at radius 2 is 0.406 bits per heavy atom. The van der Waals surface area contributed by atoms with Gasteiger partial charge in [0.1, 0.15) is 0 Å². The number of benzene rings is 2. The zero-order valence-corrected chi connectivity index (χ0v) is 72.0. The molecule has 0 bridgehead atoms. The van der Waals surface area contributed by atoms with Gasteiger partial charge in [-0.25, -0.2) is 4.98 Å². The minimum absolute atomic E-state index is 0.555. The summed E-state index contributed by atoms with van der Waals surface area (Å²) in [6, 6.07) is 19.9. The van der Waals surface area contributed by atoms with E-state index in [0.717, 1.165) is 71.9 Å². The third-order valence-corrected chi connectivity index (χ3v) is 23.2. The van der Waals surface area contributed by atoms with Crippen molar-refractivity contribution in [1.29, 1.82) is 0 Å². The molecule has 0 fully saturated rings. The van der Waals surface area contributed by atoms with E-state index in [1.165, 1.54) is 411 Å². The first-order valence-electron chi connectivity index (χ1n) is 47.5. The average Bonchev–Trinajstić information content (AvgIpc) is 0.853. The maximum Gasteiger partial charge on any atom is 0.161 e. The molecule has 3 aromatic rings. The number of rotatable bonds is 80. The Hall–Kier alpha value is -3.73. The first kappa shape index (κ1) is 96.5. The number of ether oxygens (including phenoxy) is 4. The summed E-state index contributed by atoms with van der Waals surface area (Å²) in [7, 11) is 0. The molecule has 0 aliphatic rings. The Morgan fingerprint density at radius 1 is 0.217 bits per heavy atom. The third-order valence-electron chi connectivity index (χ3n) is 23.2. The molecule has 106 heavy (non-hydrogen) atoms. The molecule has 610 valence electrons. The van der Waals surface area contributed by atoms with Crippen molar-refractivity contribution in [3.63, 3.8) is 0 Å². The van der Waals surface area contributed by atoms with Crippen LogP contribution in [0.15, 0.2) is 54.6 Å². The van der Waals surface area contributed by atoms with Gasteiger partial charge in [0, 0.05) is 0 Å². The van der Waals surface area contributed by atoms with Gasteiger partial charge in [-0.15, -0.1) is 0 Å². The largest absolute Gasteiger partial charge is 0.489 e. The van der Waals surface area contributed by atoms with Crippen molar-refractivity contribution >= 4 is 24.3 Å². The molecule has 1 aromatic heterocycles. The highest BCUT2D eigenvalue weighted by Crippen LogP contribution is 2.35. The molecule has 0 radical (unpaired) electrons. The van der Waals surface area contributed by atoms with Gasteiger partial charge in [-0.05, 0) is 135 Å². The van der Waals surface area contributed by atoms with Gasteiger partial charge in [0.05, 0.1) is 37.8 Å². The van der Waals surface area contributed by atoms with E-state index in [2.05, 4.69) is 134 Å². The molecule has 0 aliphatic heterocycles. The second kappa shape index (κ2) is 72.8. The van der Waals surface area contributed by atoms with Crippen LogP contribution in [0.25, 0.3) is 24.3 Å². The first-order chi connectivity index (χ1) is 52.4. The molecule has 3 rings (SSSR count). The van der Waals surface area contributed by atoms with Crippen LogP contribution in [0, 0.1) is 23.7 Å². The minimum atomic E-state index is 0.555. The lowest BCUT2D eigenvalue weighted by Gasteiger charge is -2.22. The van der Waals surface area contributed by atoms with Crippen molar-refractivity contribution in [2.24, 2.45) is 23.7 Å². The van der Waals surface area contributed by atoms with Gasteiger partial charge in [-0.1, -0.05) is 445 Å². The highest BCUT2D eigenvalue weighted by atomic mass is 16.5. The second-order valence-corrected chi connectivity index (χ2v) is 33.6. The molecule has 0 N–H and O–H groups in total. The lowest BCUT2D eigenvalue weighted by molar-refractivity contribution is 0.192. The summed E-state index contributed by atoms with van der Waals surface area (Å²) >= 11 is 0. The molecule has 5 heteroatoms. The zero-order valence-electron chi connectivity index (χ0n) is 72.0. The summed E-state index contributed by atoms with van der Waals surface area (Å²) in [5.74, 6) is 5.89. The molecule has 4 unspecified atom stereocenters. The van der Waals surface area contributed by atoms with E-state index >= 15 is 0 Å². The standard InChI is InChI=1S/C101H177NO4/c1-9-17-25-33-41-45-53-61-68-92(66-57-49-37-29-21-13-5)86-103-98-82-78-90(84-100(98)105-88-94(70-59-51-39-31-23-15-7)72-63-55-47-43-35-27-19-11-3)76-80-96-74-65-75-97(102-96)81-77-91-79-83-99(104-87-93(67-58-50-38-30-22-14-6)69-62-54-46-42-34-26-18-10-2)101(85-91)106-89-95(71-60-52-40-32-24-16-8)73-64-56-48-44-36-28-20-12-4/h65,74-85,92-95H,9-64,66-73,86-89H2,1-8H3/b80-76+,81-77+. The van der Waals surface area contributed by atoms with Crippen LogP contribution in [0.1, 0.15) is 489 Å². The summed E-state index contributed by atoms with van der Waals surface area (Å²) in [6.45, 7) is 21.7. The van der Waals surface area contributed by atoms with Crippen molar-refractivity contribution < 1.29 is 18.9 Å². The number of unbranched alkanes of at least 4 members (excludes halogenated alkanes) is 48. The molecule has 0 amide bonds. The monoisotopic (exact) mass is 1470 g/mol. The van der Waals surface area contributed by atoms with Crippen LogP contribution in [-0.4, -0.2) is 31.4 Å². The second-order valence-electron chi connectivity index (χ2n) is 33.6. The fourth-order valence-electron chi connectivity index (χ4n) is 15.9. The lowest BCUT2D eigenvalue weighted by Crippen LogP contribution is -2.15. The molecular formula is C101H177NO4. The maximum absolute atomic E-state index is 7.12. The summed E-state index contributed by atoms with van der Waals surface area (Å²) in [6.07, 6.45) is 94.6. The highest BCUT2D eigenvalue weighted by Gasteiger charge is 2.19. The quantitative estimate of drug-likeness (QED) is 0.0527. The molecule has 0 spiro atoms. The van der Waals surface area contributed by atoms with Crippen molar-refractivity contribution in [1.82, 2.24) is 4.98 Å². The fraction of sp³-hybridized carbons (Fsp3) is 0.792. The van der Waals surface area contributed by atoms with Gasteiger partial charge in [0.25, 0.3) is 0 Å². The fourth-order valence-corrected chi connectivity index (χ4v) is 15.9. The van der Waals surface area contributed by atoms with Gasteiger partial charge in [0.15, 0.2) is 23.0 Å². The van der Waals surface area contributed by atoms with Gasteiger partial charge in [-0.2, -0.15) is 0 Å². The summed E-state index contributed by atoms with van der Waals surface area (Å²) < 4.78 is 28.3. The average molecular weight is 1470 g/mol. The third kappa shape index (κ3) is 54.8. The van der Waals surface area contributed by atoms with E-state index in [9.17, 15) is 0 Å². The number of aromatic nitrogens is 1. The normalized spacial score (nSPS) is 13.0. The number of hydrogen-bond acceptors (Lipinski definition) is 5. The summed E-state index contributed by atoms with van der Waals surface area (Å²) in [5.41, 5.74) is 4.12. The molecule has 4 atom stereocenters. The Labute approximate surface area is 660 Å². The van der Waals surface area contributed by atoms with Crippen LogP contribution in [0.3, 0.4) is 0 Å². The van der Waals surface area contributed by atoms with Gasteiger partial charge in [0.2, 0.25) is 0 Å². The van der Waals surface area contributed by atoms with E-state index in [1.807, 2.05) is 0 Å². The van der Waals surface area contributed by atoms with Crippen LogP contribution < -0.4 is 18.9 Å². The highest BCUT2D eigenvalue weighted by molar-refractivity contribution is 5.72. The molecule has 0 saturated heterocycles. The van der Waals surface area contributed by atoms with E-state index in [1.54, 1.807) is 0 Å². The Bertz CT molecular complexity index is 2250. The van der Waals surface area contributed by atoms with Gasteiger partial charge >= 0.3 is 0 Å². The Kier molecular flexibility index (Phi) is 66.2. The van der Waals surface area contributed by atoms with Crippen molar-refractivity contribution in [2.75, 3.05) is 26.4 Å². The molecule has 2 aromatic carbocycles. The number of nitrogens with zero attached hydrogens (tertiary/aromatic N) is 1. The van der Waals surface area contributed by atoms with Crippen LogP contribution in [0.4, 0.5) is 0 Å². The van der Waals surface area contributed by atoms with Crippen LogP contribution in [-0.2, 0) is 0 Å². The summed E-state index contributed by atoms with van der Waals surface area (Å²) in [5, 5.41) is 0. The molecular weight excluding hydrogens is 1290 g/mol. The molecule has 0 saturated carbocycles. The minimum Gasteiger partial charge on any atom is -0.489 e. The molecule has 5 nitrogen and oxygen atoms in total. The maximum atomic E-state index is 7.12. The molecule has 0 aliphatic carbocycles. The van der Waals surface area contributed by atoms with E-state index in [0.29, 0.717) is 23.7 Å². The van der Waals surface area contributed by atoms with E-state index in [-0.39, 0.29) is 0 Å². The number of hydrogen-bond donors (Lipinski definition) is 0. The smallest absolute Gasteiger partial charge is 0.161 e. The zero-order chi connectivity index (χ0) is 75.7. The van der Waals surface area contributed by atoms with Gasteiger partial charge in [-0.3, -0.25) is 0 Å². The topological polar surface area (TPSA) is 49.8 Å². The van der Waals surface area contributed by atoms with Crippen molar-refractivity contribution in [2.45, 2.75) is 466 Å². The van der Waals surface area contributed by atoms with Gasteiger partial charge < -0.3 is 18.9 Å². The van der Waals surface area contributed by atoms with Crippen LogP contribution in [0.2, 0.25) is 0 Å². The van der Waals surface area contributed by atoms with Crippen molar-refractivity contribution in [3.8, 4) is 23.0 Å². The van der Waals surface area contributed by atoms with Crippen LogP contribution in [0.5, 0.6) is 23.0 Å². The van der Waals surface area contributed by atoms with Crippen LogP contribution >= 0.6 is 0 Å². The van der Waals surface area contributed by atoms with E-state index < -0.39 is 0 Å². The summed E-state index contributed by atoms with van der Waals surface area (Å²) in [4.78, 5) is 5.23. The van der Waals surface area contributed by atoms with Crippen molar-refractivity contribution in [3.05, 3.63) is 77.1 Å². The predicted molar refractivity (Wildman–Crippen MR) is 472 cm³/mol. The Balaban J connectivity index is 1.98. The SMILES string of the molecule is CCCCCCCCCCC(CCCCCCCC)COc1ccc(/C=C/c2cccc(/C=C/c3ccc(OCC(CCCCCCCC)CCCCCCCCCC)c(OCC(CCCCCCCC)CCCCCCCCCC)c3)n2)cc1OCC(CCCCCCCC)CCCCCCCCCC. The van der Waals surface area contributed by atoms with E-state index in [4.69, 9.17) is 23.9 Å².